The number of rotatable bonds is 8. The van der Waals surface area contributed by atoms with Crippen LogP contribution in [0, 0.1) is 5.92 Å². The first-order chi connectivity index (χ1) is 14.4. The van der Waals surface area contributed by atoms with Gasteiger partial charge in [0.05, 0.1) is 27.2 Å². The summed E-state index contributed by atoms with van der Waals surface area (Å²) in [6.45, 7) is 0.431. The van der Waals surface area contributed by atoms with Crippen LogP contribution >= 0.6 is 0 Å². The normalized spacial score (nSPS) is 19.1. The van der Waals surface area contributed by atoms with Crippen LogP contribution in [0.5, 0.6) is 11.5 Å². The molecule has 0 radical (unpaired) electrons. The number of hydrogen-bond donors (Lipinski definition) is 0. The van der Waals surface area contributed by atoms with Crippen molar-refractivity contribution in [2.45, 2.75) is 44.7 Å². The molecule has 1 heterocycles. The molecule has 3 rings (SSSR count). The van der Waals surface area contributed by atoms with Crippen LogP contribution in [-0.2, 0) is 25.7 Å². The fourth-order valence-electron chi connectivity index (χ4n) is 4.33. The zero-order valence-electron chi connectivity index (χ0n) is 17.9. The molecular formula is C22H30N2O6. The maximum atomic E-state index is 13.3. The van der Waals surface area contributed by atoms with E-state index >= 15 is 0 Å². The van der Waals surface area contributed by atoms with Crippen LogP contribution in [0.1, 0.15) is 37.7 Å². The highest BCUT2D eigenvalue weighted by molar-refractivity contribution is 5.91. The molecule has 1 unspecified atom stereocenters. The monoisotopic (exact) mass is 418 g/mol. The van der Waals surface area contributed by atoms with Gasteiger partial charge < -0.3 is 24.0 Å². The number of esters is 1. The Balaban J connectivity index is 1.77. The summed E-state index contributed by atoms with van der Waals surface area (Å²) in [7, 11) is 4.40. The SMILES string of the molecule is COC(=O)CN(Cc1cc(OC)cc(OC)c1)C(=O)C1CC(=O)N(C2CCCC2)C1. The molecule has 164 valence electrons. The predicted octanol–water partition coefficient (Wildman–Crippen LogP) is 2.00. The molecule has 0 aromatic heterocycles. The van der Waals surface area contributed by atoms with Gasteiger partial charge in [-0.15, -0.1) is 0 Å². The molecule has 0 N–H and O–H groups in total. The number of carbonyl (C=O) groups is 3. The molecule has 1 aromatic carbocycles. The highest BCUT2D eigenvalue weighted by atomic mass is 16.5. The fourth-order valence-corrected chi connectivity index (χ4v) is 4.33. The average Bonchev–Trinajstić information content (AvgIpc) is 3.41. The lowest BCUT2D eigenvalue weighted by atomic mass is 10.1. The van der Waals surface area contributed by atoms with Gasteiger partial charge in [-0.05, 0) is 30.5 Å². The number of ether oxygens (including phenoxy) is 3. The first-order valence-electron chi connectivity index (χ1n) is 10.3. The molecule has 1 aromatic rings. The van der Waals surface area contributed by atoms with Crippen LogP contribution in [0.15, 0.2) is 18.2 Å². The molecule has 1 aliphatic carbocycles. The molecule has 1 saturated carbocycles. The van der Waals surface area contributed by atoms with Crippen LogP contribution in [0.2, 0.25) is 0 Å². The second-order valence-electron chi connectivity index (χ2n) is 7.88. The van der Waals surface area contributed by atoms with E-state index in [-0.39, 0.29) is 37.4 Å². The number of methoxy groups -OCH3 is 3. The van der Waals surface area contributed by atoms with E-state index in [2.05, 4.69) is 0 Å². The quantitative estimate of drug-likeness (QED) is 0.601. The second kappa shape index (κ2) is 9.82. The molecule has 1 saturated heterocycles. The van der Waals surface area contributed by atoms with E-state index in [0.717, 1.165) is 31.2 Å². The van der Waals surface area contributed by atoms with E-state index in [9.17, 15) is 14.4 Å². The molecule has 30 heavy (non-hydrogen) atoms. The Bertz CT molecular complexity index is 768. The van der Waals surface area contributed by atoms with Gasteiger partial charge in [-0.25, -0.2) is 0 Å². The molecule has 0 bridgehead atoms. The summed E-state index contributed by atoms with van der Waals surface area (Å²) in [6, 6.07) is 5.58. The Kier molecular flexibility index (Phi) is 7.18. The van der Waals surface area contributed by atoms with E-state index in [1.54, 1.807) is 32.4 Å². The zero-order valence-corrected chi connectivity index (χ0v) is 17.9. The Hall–Kier alpha value is -2.77. The molecule has 2 aliphatic rings. The van der Waals surface area contributed by atoms with E-state index in [1.165, 1.54) is 12.0 Å². The van der Waals surface area contributed by atoms with Crippen LogP contribution in [-0.4, -0.2) is 68.0 Å². The number of benzene rings is 1. The lowest BCUT2D eigenvalue weighted by Crippen LogP contribution is -2.41. The molecule has 0 spiro atoms. The number of likely N-dealkylation sites (tertiary alicyclic amines) is 1. The molecule has 8 heteroatoms. The van der Waals surface area contributed by atoms with Gasteiger partial charge in [0.1, 0.15) is 18.0 Å². The maximum absolute atomic E-state index is 13.3. The fraction of sp³-hybridized carbons (Fsp3) is 0.591. The van der Waals surface area contributed by atoms with Gasteiger partial charge in [-0.2, -0.15) is 0 Å². The van der Waals surface area contributed by atoms with Crippen molar-refractivity contribution in [3.05, 3.63) is 23.8 Å². The van der Waals surface area contributed by atoms with Crippen molar-refractivity contribution in [3.8, 4) is 11.5 Å². The lowest BCUT2D eigenvalue weighted by molar-refractivity contribution is -0.148. The van der Waals surface area contributed by atoms with E-state index in [1.807, 2.05) is 4.90 Å². The highest BCUT2D eigenvalue weighted by Gasteiger charge is 2.40. The smallest absolute Gasteiger partial charge is 0.325 e. The van der Waals surface area contributed by atoms with Crippen molar-refractivity contribution in [3.63, 3.8) is 0 Å². The number of nitrogens with zero attached hydrogens (tertiary/aromatic N) is 2. The van der Waals surface area contributed by atoms with Gasteiger partial charge in [0.15, 0.2) is 0 Å². The van der Waals surface area contributed by atoms with E-state index in [0.29, 0.717) is 18.0 Å². The Morgan fingerprint density at radius 1 is 1.07 bits per heavy atom. The van der Waals surface area contributed by atoms with Crippen LogP contribution in [0.25, 0.3) is 0 Å². The van der Waals surface area contributed by atoms with Crippen molar-refractivity contribution < 1.29 is 28.6 Å². The second-order valence-corrected chi connectivity index (χ2v) is 7.88. The van der Waals surface area contributed by atoms with E-state index in [4.69, 9.17) is 14.2 Å². The molecule has 8 nitrogen and oxygen atoms in total. The third-order valence-electron chi connectivity index (χ3n) is 5.92. The van der Waals surface area contributed by atoms with Crippen molar-refractivity contribution in [1.29, 1.82) is 0 Å². The Morgan fingerprint density at radius 2 is 1.70 bits per heavy atom. The third-order valence-corrected chi connectivity index (χ3v) is 5.92. The minimum absolute atomic E-state index is 0.0290. The number of hydrogen-bond acceptors (Lipinski definition) is 6. The topological polar surface area (TPSA) is 85.4 Å². The zero-order chi connectivity index (χ0) is 21.7. The number of amides is 2. The number of carbonyl (C=O) groups excluding carboxylic acids is 3. The first-order valence-corrected chi connectivity index (χ1v) is 10.3. The summed E-state index contributed by atoms with van der Waals surface area (Å²) >= 11 is 0. The van der Waals surface area contributed by atoms with Crippen molar-refractivity contribution in [1.82, 2.24) is 9.80 Å². The Labute approximate surface area is 177 Å². The van der Waals surface area contributed by atoms with Gasteiger partial charge in [-0.3, -0.25) is 14.4 Å². The summed E-state index contributed by atoms with van der Waals surface area (Å²) in [4.78, 5) is 41.1. The maximum Gasteiger partial charge on any atom is 0.325 e. The van der Waals surface area contributed by atoms with Crippen molar-refractivity contribution >= 4 is 17.8 Å². The summed E-state index contributed by atoms with van der Waals surface area (Å²) in [6.07, 6.45) is 4.44. The summed E-state index contributed by atoms with van der Waals surface area (Å²) in [5, 5.41) is 0. The van der Waals surface area contributed by atoms with Crippen molar-refractivity contribution in [2.24, 2.45) is 5.92 Å². The lowest BCUT2D eigenvalue weighted by Gasteiger charge is -2.27. The molecule has 1 aliphatic heterocycles. The van der Waals surface area contributed by atoms with Crippen molar-refractivity contribution in [2.75, 3.05) is 34.4 Å². The summed E-state index contributed by atoms with van der Waals surface area (Å²) in [5.74, 6) is 0.0549. The van der Waals surface area contributed by atoms with Gasteiger partial charge in [0.2, 0.25) is 11.8 Å². The van der Waals surface area contributed by atoms with Gasteiger partial charge >= 0.3 is 5.97 Å². The minimum Gasteiger partial charge on any atom is -0.497 e. The molecular weight excluding hydrogens is 388 g/mol. The predicted molar refractivity (Wildman–Crippen MR) is 109 cm³/mol. The standard InChI is InChI=1S/C22H30N2O6/c1-28-18-8-15(9-19(11-18)29-2)12-23(14-21(26)30-3)22(27)16-10-20(25)24(13-16)17-6-4-5-7-17/h8-9,11,16-17H,4-7,10,12-14H2,1-3H3. The van der Waals surface area contributed by atoms with Gasteiger partial charge in [0.25, 0.3) is 0 Å². The summed E-state index contributed by atoms with van der Waals surface area (Å²) < 4.78 is 15.4. The highest BCUT2D eigenvalue weighted by Crippen LogP contribution is 2.31. The molecule has 2 fully saturated rings. The average molecular weight is 418 g/mol. The third kappa shape index (κ3) is 5.04. The Morgan fingerprint density at radius 3 is 2.27 bits per heavy atom. The largest absolute Gasteiger partial charge is 0.497 e. The van der Waals surface area contributed by atoms with Crippen LogP contribution in [0.3, 0.4) is 0 Å². The van der Waals surface area contributed by atoms with E-state index < -0.39 is 11.9 Å². The van der Waals surface area contributed by atoms with Crippen LogP contribution < -0.4 is 9.47 Å². The van der Waals surface area contributed by atoms with Gasteiger partial charge in [0, 0.05) is 31.6 Å². The minimum atomic E-state index is -0.504. The van der Waals surface area contributed by atoms with Gasteiger partial charge in [-0.1, -0.05) is 12.8 Å². The first kappa shape index (κ1) is 21.9. The van der Waals surface area contributed by atoms with Crippen LogP contribution in [0.4, 0.5) is 0 Å². The molecule has 2 amide bonds. The summed E-state index contributed by atoms with van der Waals surface area (Å²) in [5.41, 5.74) is 0.764. The molecule has 1 atom stereocenters.